The smallest absolute Gasteiger partial charge is 0.341 e. The first-order valence-electron chi connectivity index (χ1n) is 6.17. The van der Waals surface area contributed by atoms with Crippen molar-refractivity contribution in [3.05, 3.63) is 28.5 Å². The number of esters is 1. The summed E-state index contributed by atoms with van der Waals surface area (Å²) in [5.74, 6) is -1.63. The van der Waals surface area contributed by atoms with Crippen molar-refractivity contribution in [3.63, 3.8) is 0 Å². The summed E-state index contributed by atoms with van der Waals surface area (Å²) in [4.78, 5) is 11.4. The Morgan fingerprint density at radius 3 is 2.38 bits per heavy atom. The van der Waals surface area contributed by atoms with Crippen LogP contribution in [0.2, 0.25) is 5.02 Å². The fraction of sp³-hybridized carbons (Fsp3) is 0.462. The highest BCUT2D eigenvalue weighted by Crippen LogP contribution is 2.28. The molecule has 1 aromatic rings. The summed E-state index contributed by atoms with van der Waals surface area (Å²) in [6, 6.07) is 1.50. The minimum atomic E-state index is -4.19. The van der Waals surface area contributed by atoms with E-state index in [0.29, 0.717) is 12.3 Å². The van der Waals surface area contributed by atoms with Gasteiger partial charge in [0.1, 0.15) is 10.7 Å². The van der Waals surface area contributed by atoms with Gasteiger partial charge in [-0.2, -0.15) is 0 Å². The highest BCUT2D eigenvalue weighted by Gasteiger charge is 2.23. The summed E-state index contributed by atoms with van der Waals surface area (Å²) >= 11 is 5.61. The standard InChI is InChI=1S/C13H15Cl2FO4S/c1-7(2)4-8(3)20-13(17)9-5-12(21(15,18)19)10(14)6-11(9)16/h5-8H,4H2,1-3H3. The molecule has 0 aliphatic rings. The molecule has 0 saturated heterocycles. The Bertz CT molecular complexity index is 644. The van der Waals surface area contributed by atoms with Crippen molar-refractivity contribution in [3.8, 4) is 0 Å². The molecule has 1 rings (SSSR count). The number of hydrogen-bond acceptors (Lipinski definition) is 4. The Morgan fingerprint density at radius 1 is 1.33 bits per heavy atom. The molecule has 1 atom stereocenters. The van der Waals surface area contributed by atoms with Crippen LogP contribution in [-0.2, 0) is 13.8 Å². The zero-order valence-electron chi connectivity index (χ0n) is 11.7. The number of hydrogen-bond donors (Lipinski definition) is 0. The topological polar surface area (TPSA) is 60.4 Å². The van der Waals surface area contributed by atoms with Crippen LogP contribution in [-0.4, -0.2) is 20.5 Å². The van der Waals surface area contributed by atoms with Crippen LogP contribution >= 0.6 is 22.3 Å². The normalized spacial score (nSPS) is 13.3. The van der Waals surface area contributed by atoms with Crippen LogP contribution in [0.5, 0.6) is 0 Å². The van der Waals surface area contributed by atoms with Crippen LogP contribution in [0.15, 0.2) is 17.0 Å². The molecule has 1 unspecified atom stereocenters. The van der Waals surface area contributed by atoms with E-state index in [0.717, 1.165) is 12.1 Å². The lowest BCUT2D eigenvalue weighted by Gasteiger charge is -2.15. The lowest BCUT2D eigenvalue weighted by atomic mass is 10.1. The average molecular weight is 357 g/mol. The molecule has 0 saturated carbocycles. The second kappa shape index (κ2) is 6.94. The molecule has 4 nitrogen and oxygen atoms in total. The van der Waals surface area contributed by atoms with Gasteiger partial charge in [0, 0.05) is 10.7 Å². The average Bonchev–Trinajstić information content (AvgIpc) is 2.24. The number of rotatable bonds is 5. The Kier molecular flexibility index (Phi) is 6.01. The largest absolute Gasteiger partial charge is 0.459 e. The van der Waals surface area contributed by atoms with Crippen molar-refractivity contribution in [2.75, 3.05) is 0 Å². The van der Waals surface area contributed by atoms with Crippen molar-refractivity contribution in [2.24, 2.45) is 5.92 Å². The van der Waals surface area contributed by atoms with E-state index in [1.807, 2.05) is 13.8 Å². The summed E-state index contributed by atoms with van der Waals surface area (Å²) in [6.07, 6.45) is 0.172. The molecular weight excluding hydrogens is 342 g/mol. The van der Waals surface area contributed by atoms with E-state index in [1.165, 1.54) is 0 Å². The van der Waals surface area contributed by atoms with E-state index in [2.05, 4.69) is 0 Å². The van der Waals surface area contributed by atoms with Crippen molar-refractivity contribution < 1.29 is 22.3 Å². The minimum Gasteiger partial charge on any atom is -0.459 e. The van der Waals surface area contributed by atoms with E-state index in [1.54, 1.807) is 6.92 Å². The van der Waals surface area contributed by atoms with Gasteiger partial charge < -0.3 is 4.74 Å². The highest BCUT2D eigenvalue weighted by atomic mass is 35.7. The van der Waals surface area contributed by atoms with E-state index >= 15 is 0 Å². The maximum absolute atomic E-state index is 13.8. The molecule has 0 aliphatic heterocycles. The maximum Gasteiger partial charge on any atom is 0.341 e. The van der Waals surface area contributed by atoms with Gasteiger partial charge in [0.05, 0.1) is 16.7 Å². The van der Waals surface area contributed by atoms with Crippen LogP contribution in [0.4, 0.5) is 4.39 Å². The van der Waals surface area contributed by atoms with Crippen molar-refractivity contribution >= 4 is 37.3 Å². The second-order valence-electron chi connectivity index (χ2n) is 5.05. The van der Waals surface area contributed by atoms with E-state index in [9.17, 15) is 17.6 Å². The second-order valence-corrected chi connectivity index (χ2v) is 7.99. The quantitative estimate of drug-likeness (QED) is 0.590. The van der Waals surface area contributed by atoms with E-state index in [-0.39, 0.29) is 0 Å². The van der Waals surface area contributed by atoms with Crippen LogP contribution in [0, 0.1) is 11.7 Å². The van der Waals surface area contributed by atoms with Crippen molar-refractivity contribution in [1.29, 1.82) is 0 Å². The maximum atomic E-state index is 13.8. The fourth-order valence-electron chi connectivity index (χ4n) is 1.83. The molecule has 0 spiro atoms. The van der Waals surface area contributed by atoms with Crippen LogP contribution in [0.1, 0.15) is 37.6 Å². The van der Waals surface area contributed by atoms with Gasteiger partial charge in [0.25, 0.3) is 9.05 Å². The van der Waals surface area contributed by atoms with Gasteiger partial charge in [-0.1, -0.05) is 25.4 Å². The number of ether oxygens (including phenoxy) is 1. The molecule has 0 fully saturated rings. The van der Waals surface area contributed by atoms with Gasteiger partial charge in [-0.15, -0.1) is 0 Å². The van der Waals surface area contributed by atoms with Gasteiger partial charge in [-0.25, -0.2) is 17.6 Å². The Hall–Kier alpha value is -0.850. The third-order valence-corrected chi connectivity index (χ3v) is 4.40. The fourth-order valence-corrected chi connectivity index (χ4v) is 3.34. The molecule has 0 heterocycles. The van der Waals surface area contributed by atoms with Gasteiger partial charge in [0.2, 0.25) is 0 Å². The zero-order valence-corrected chi connectivity index (χ0v) is 14.0. The van der Waals surface area contributed by atoms with Crippen LogP contribution in [0.3, 0.4) is 0 Å². The predicted octanol–water partition coefficient (Wildman–Crippen LogP) is 4.00. The summed E-state index contributed by atoms with van der Waals surface area (Å²) in [5, 5.41) is -0.394. The Morgan fingerprint density at radius 2 is 1.90 bits per heavy atom. The van der Waals surface area contributed by atoms with Gasteiger partial charge in [-0.3, -0.25) is 0 Å². The lowest BCUT2D eigenvalue weighted by Crippen LogP contribution is -2.18. The Labute approximate surface area is 132 Å². The number of carbonyl (C=O) groups is 1. The van der Waals surface area contributed by atoms with Crippen LogP contribution in [0.25, 0.3) is 0 Å². The first kappa shape index (κ1) is 18.2. The third kappa shape index (κ3) is 5.13. The molecule has 0 aromatic heterocycles. The number of carbonyl (C=O) groups excluding carboxylic acids is 1. The molecule has 118 valence electrons. The van der Waals surface area contributed by atoms with Gasteiger partial charge in [-0.05, 0) is 31.4 Å². The summed E-state index contributed by atoms with van der Waals surface area (Å²) in [7, 11) is 0.993. The summed E-state index contributed by atoms with van der Waals surface area (Å²) in [6.45, 7) is 5.57. The lowest BCUT2D eigenvalue weighted by molar-refractivity contribution is 0.0294. The summed E-state index contributed by atoms with van der Waals surface area (Å²) < 4.78 is 41.5. The van der Waals surface area contributed by atoms with Crippen LogP contribution < -0.4 is 0 Å². The number of benzene rings is 1. The molecule has 21 heavy (non-hydrogen) atoms. The molecule has 0 aliphatic carbocycles. The monoisotopic (exact) mass is 356 g/mol. The Balaban J connectivity index is 3.10. The zero-order chi connectivity index (χ0) is 16.4. The SMILES string of the molecule is CC(C)CC(C)OC(=O)c1cc(S(=O)(=O)Cl)c(Cl)cc1F. The number of halogens is 3. The molecule has 0 radical (unpaired) electrons. The third-order valence-electron chi connectivity index (χ3n) is 2.62. The molecular formula is C13H15Cl2FO4S. The van der Waals surface area contributed by atoms with E-state index in [4.69, 9.17) is 27.0 Å². The van der Waals surface area contributed by atoms with Crippen molar-refractivity contribution in [1.82, 2.24) is 0 Å². The minimum absolute atomic E-state index is 0.293. The highest BCUT2D eigenvalue weighted by molar-refractivity contribution is 8.13. The molecule has 1 aromatic carbocycles. The predicted molar refractivity (Wildman–Crippen MR) is 78.8 cm³/mol. The molecule has 0 N–H and O–H groups in total. The molecule has 8 heteroatoms. The first-order chi connectivity index (χ1) is 9.52. The molecule has 0 bridgehead atoms. The molecule has 0 amide bonds. The summed E-state index contributed by atoms with van der Waals surface area (Å²) in [5.41, 5.74) is -0.519. The van der Waals surface area contributed by atoms with E-state index < -0.39 is 42.4 Å². The first-order valence-corrected chi connectivity index (χ1v) is 8.85. The van der Waals surface area contributed by atoms with Crippen molar-refractivity contribution in [2.45, 2.75) is 38.2 Å². The van der Waals surface area contributed by atoms with Gasteiger partial charge in [0.15, 0.2) is 0 Å². The van der Waals surface area contributed by atoms with Gasteiger partial charge >= 0.3 is 5.97 Å².